The number of amides is 1. The Balaban J connectivity index is 1.60. The summed E-state index contributed by atoms with van der Waals surface area (Å²) in [7, 11) is 0. The molecule has 0 spiro atoms. The van der Waals surface area contributed by atoms with E-state index < -0.39 is 0 Å². The summed E-state index contributed by atoms with van der Waals surface area (Å²) in [4.78, 5) is 12.2. The van der Waals surface area contributed by atoms with Crippen molar-refractivity contribution < 1.29 is 4.79 Å². The van der Waals surface area contributed by atoms with Crippen molar-refractivity contribution in [2.75, 3.05) is 5.32 Å². The molecular formula is C17H14BrN3OS2. The van der Waals surface area contributed by atoms with Crippen LogP contribution in [0.1, 0.15) is 21.5 Å². The zero-order valence-electron chi connectivity index (χ0n) is 12.8. The van der Waals surface area contributed by atoms with Crippen molar-refractivity contribution in [1.82, 2.24) is 10.2 Å². The van der Waals surface area contributed by atoms with E-state index in [1.165, 1.54) is 22.5 Å². The molecule has 0 aliphatic heterocycles. The van der Waals surface area contributed by atoms with E-state index in [0.717, 1.165) is 14.6 Å². The molecule has 1 N–H and O–H groups in total. The molecular weight excluding hydrogens is 406 g/mol. The van der Waals surface area contributed by atoms with E-state index >= 15 is 0 Å². The number of aryl methyl sites for hydroxylation is 1. The molecule has 0 saturated heterocycles. The number of hydrogen-bond donors (Lipinski definition) is 1. The first-order chi connectivity index (χ1) is 11.6. The average Bonchev–Trinajstić information content (AvgIpc) is 3.02. The predicted octanol–water partition coefficient (Wildman–Crippen LogP) is 5.15. The first-order valence-corrected chi connectivity index (χ1v) is 9.79. The number of nitrogens with one attached hydrogen (secondary N) is 1. The Hall–Kier alpha value is -1.70. The van der Waals surface area contributed by atoms with E-state index in [0.29, 0.717) is 10.7 Å². The van der Waals surface area contributed by atoms with Crippen LogP contribution < -0.4 is 5.32 Å². The third-order valence-electron chi connectivity index (χ3n) is 3.23. The highest BCUT2D eigenvalue weighted by molar-refractivity contribution is 9.10. The summed E-state index contributed by atoms with van der Waals surface area (Å²) in [5, 5.41) is 11.5. The molecule has 1 aromatic heterocycles. The van der Waals surface area contributed by atoms with Crippen LogP contribution in [0.3, 0.4) is 0 Å². The maximum absolute atomic E-state index is 12.2. The highest BCUT2D eigenvalue weighted by Crippen LogP contribution is 2.29. The Kier molecular flexibility index (Phi) is 5.65. The second kappa shape index (κ2) is 7.92. The molecule has 1 heterocycles. The van der Waals surface area contributed by atoms with Gasteiger partial charge in [0.25, 0.3) is 5.91 Å². The van der Waals surface area contributed by atoms with Gasteiger partial charge in [-0.15, -0.1) is 10.2 Å². The maximum atomic E-state index is 12.2. The van der Waals surface area contributed by atoms with Gasteiger partial charge in [-0.25, -0.2) is 0 Å². The molecule has 1 amide bonds. The highest BCUT2D eigenvalue weighted by Gasteiger charge is 2.12. The van der Waals surface area contributed by atoms with Crippen LogP contribution in [0.25, 0.3) is 0 Å². The lowest BCUT2D eigenvalue weighted by atomic mass is 10.2. The zero-order valence-corrected chi connectivity index (χ0v) is 16.0. The molecule has 24 heavy (non-hydrogen) atoms. The molecule has 0 saturated carbocycles. The number of benzene rings is 2. The lowest BCUT2D eigenvalue weighted by Crippen LogP contribution is -2.12. The summed E-state index contributed by atoms with van der Waals surface area (Å²) in [6.07, 6.45) is 0. The lowest BCUT2D eigenvalue weighted by molar-refractivity contribution is 0.102. The monoisotopic (exact) mass is 419 g/mol. The van der Waals surface area contributed by atoms with E-state index in [4.69, 9.17) is 0 Å². The lowest BCUT2D eigenvalue weighted by Gasteiger charge is -2.02. The van der Waals surface area contributed by atoms with Gasteiger partial charge in [0, 0.05) is 10.2 Å². The zero-order chi connectivity index (χ0) is 16.9. The standard InChI is InChI=1S/C17H14BrN3OS2/c1-11-6-8-12(9-7-11)10-23-17-21-20-16(24-17)19-15(22)13-4-2-3-5-14(13)18/h2-9H,10H2,1H3,(H,19,20,22). The van der Waals surface area contributed by atoms with Gasteiger partial charge in [0.15, 0.2) is 4.34 Å². The van der Waals surface area contributed by atoms with Gasteiger partial charge >= 0.3 is 0 Å². The fraction of sp³-hybridized carbons (Fsp3) is 0.118. The fourth-order valence-electron chi connectivity index (χ4n) is 1.96. The predicted molar refractivity (Wildman–Crippen MR) is 103 cm³/mol. The third-order valence-corrected chi connectivity index (χ3v) is 5.96. The van der Waals surface area contributed by atoms with Crippen molar-refractivity contribution in [2.45, 2.75) is 17.0 Å². The van der Waals surface area contributed by atoms with E-state index in [9.17, 15) is 4.79 Å². The Morgan fingerprint density at radius 2 is 1.92 bits per heavy atom. The molecule has 3 aromatic rings. The number of thioether (sulfide) groups is 1. The Morgan fingerprint density at radius 1 is 1.17 bits per heavy atom. The highest BCUT2D eigenvalue weighted by atomic mass is 79.9. The molecule has 0 bridgehead atoms. The Morgan fingerprint density at radius 3 is 2.67 bits per heavy atom. The molecule has 0 atom stereocenters. The van der Waals surface area contributed by atoms with E-state index in [2.05, 4.69) is 62.6 Å². The van der Waals surface area contributed by atoms with Gasteiger partial charge in [-0.1, -0.05) is 65.1 Å². The minimum absolute atomic E-state index is 0.200. The number of nitrogens with zero attached hydrogens (tertiary/aromatic N) is 2. The quantitative estimate of drug-likeness (QED) is 0.458. The smallest absolute Gasteiger partial charge is 0.258 e. The molecule has 0 unspecified atom stereocenters. The second-order valence-corrected chi connectivity index (χ2v) is 8.14. The van der Waals surface area contributed by atoms with E-state index in [-0.39, 0.29) is 5.91 Å². The average molecular weight is 420 g/mol. The summed E-state index contributed by atoms with van der Waals surface area (Å²) in [6, 6.07) is 15.7. The number of aromatic nitrogens is 2. The first kappa shape index (κ1) is 17.1. The molecule has 0 aliphatic rings. The molecule has 0 fully saturated rings. The van der Waals surface area contributed by atoms with Crippen LogP contribution in [0.4, 0.5) is 5.13 Å². The van der Waals surface area contributed by atoms with Crippen molar-refractivity contribution in [3.8, 4) is 0 Å². The molecule has 2 aromatic carbocycles. The summed E-state index contributed by atoms with van der Waals surface area (Å²) < 4.78 is 1.58. The molecule has 7 heteroatoms. The van der Waals surface area contributed by atoms with Crippen molar-refractivity contribution in [2.24, 2.45) is 0 Å². The minimum atomic E-state index is -0.200. The molecule has 0 aliphatic carbocycles. The molecule has 0 radical (unpaired) electrons. The second-order valence-electron chi connectivity index (χ2n) is 5.08. The third kappa shape index (κ3) is 4.43. The number of carbonyl (C=O) groups is 1. The fourth-order valence-corrected chi connectivity index (χ4v) is 4.13. The van der Waals surface area contributed by atoms with Gasteiger partial charge < -0.3 is 0 Å². The minimum Gasteiger partial charge on any atom is -0.296 e. The van der Waals surface area contributed by atoms with Gasteiger partial charge in [-0.2, -0.15) is 0 Å². The number of halogens is 1. The number of hydrogen-bond acceptors (Lipinski definition) is 5. The van der Waals surface area contributed by atoms with E-state index in [1.807, 2.05) is 18.2 Å². The summed E-state index contributed by atoms with van der Waals surface area (Å²) in [5.74, 6) is 0.626. The molecule has 4 nitrogen and oxygen atoms in total. The van der Waals surface area contributed by atoms with Gasteiger partial charge in [-0.05, 0) is 40.5 Å². The van der Waals surface area contributed by atoms with Gasteiger partial charge in [0.05, 0.1) is 5.56 Å². The van der Waals surface area contributed by atoms with Crippen LogP contribution in [0.2, 0.25) is 0 Å². The van der Waals surface area contributed by atoms with Crippen molar-refractivity contribution in [1.29, 1.82) is 0 Å². The van der Waals surface area contributed by atoms with Gasteiger partial charge in [0.2, 0.25) is 5.13 Å². The van der Waals surface area contributed by atoms with Crippen LogP contribution in [-0.2, 0) is 5.75 Å². The number of carbonyl (C=O) groups excluding carboxylic acids is 1. The van der Waals surface area contributed by atoms with Crippen LogP contribution in [0, 0.1) is 6.92 Å². The molecule has 122 valence electrons. The topological polar surface area (TPSA) is 54.9 Å². The normalized spacial score (nSPS) is 10.6. The van der Waals surface area contributed by atoms with Crippen LogP contribution in [0.15, 0.2) is 57.3 Å². The van der Waals surface area contributed by atoms with Crippen LogP contribution in [0.5, 0.6) is 0 Å². The van der Waals surface area contributed by atoms with Crippen LogP contribution in [-0.4, -0.2) is 16.1 Å². The number of rotatable bonds is 5. The number of anilines is 1. The summed E-state index contributed by atoms with van der Waals surface area (Å²) >= 11 is 6.36. The largest absolute Gasteiger partial charge is 0.296 e. The molecule has 3 rings (SSSR count). The SMILES string of the molecule is Cc1ccc(CSc2nnc(NC(=O)c3ccccc3Br)s2)cc1. The Labute approximate surface area is 156 Å². The van der Waals surface area contributed by atoms with Crippen LogP contribution >= 0.6 is 39.0 Å². The van der Waals surface area contributed by atoms with Gasteiger partial charge in [-0.3, -0.25) is 10.1 Å². The van der Waals surface area contributed by atoms with Gasteiger partial charge in [0.1, 0.15) is 0 Å². The summed E-state index contributed by atoms with van der Waals surface area (Å²) in [5.41, 5.74) is 3.05. The Bertz CT molecular complexity index is 849. The summed E-state index contributed by atoms with van der Waals surface area (Å²) in [6.45, 7) is 2.07. The van der Waals surface area contributed by atoms with Crippen molar-refractivity contribution in [3.05, 3.63) is 69.7 Å². The van der Waals surface area contributed by atoms with E-state index in [1.54, 1.807) is 17.8 Å². The first-order valence-electron chi connectivity index (χ1n) is 7.19. The maximum Gasteiger partial charge on any atom is 0.258 e. The van der Waals surface area contributed by atoms with Crippen molar-refractivity contribution in [3.63, 3.8) is 0 Å². The van der Waals surface area contributed by atoms with Crippen molar-refractivity contribution >= 4 is 50.1 Å².